The first kappa shape index (κ1) is 16.3. The number of aliphatic hydroxyl groups excluding tert-OH is 1. The van der Waals surface area contributed by atoms with Crippen LogP contribution in [0.3, 0.4) is 0 Å². The fourth-order valence-electron chi connectivity index (χ4n) is 3.62. The van der Waals surface area contributed by atoms with Gasteiger partial charge in [0.2, 0.25) is 5.91 Å². The molecule has 1 unspecified atom stereocenters. The van der Waals surface area contributed by atoms with Crippen molar-refractivity contribution in [2.24, 2.45) is 5.92 Å². The summed E-state index contributed by atoms with van der Waals surface area (Å²) in [5, 5.41) is 9.24. The maximum absolute atomic E-state index is 12.7. The maximum atomic E-state index is 12.7. The van der Waals surface area contributed by atoms with Crippen LogP contribution in [0.15, 0.2) is 24.3 Å². The van der Waals surface area contributed by atoms with Gasteiger partial charge < -0.3 is 14.7 Å². The second kappa shape index (κ2) is 7.32. The smallest absolute Gasteiger partial charge is 0.240 e. The molecule has 0 saturated carbocycles. The van der Waals surface area contributed by atoms with Crippen LogP contribution in [0.2, 0.25) is 0 Å². The van der Waals surface area contributed by atoms with Crippen LogP contribution in [-0.4, -0.2) is 60.2 Å². The number of rotatable bonds is 5. The third-order valence-corrected chi connectivity index (χ3v) is 5.15. The van der Waals surface area contributed by atoms with E-state index >= 15 is 0 Å². The van der Waals surface area contributed by atoms with Gasteiger partial charge in [0.25, 0.3) is 0 Å². The molecular weight excluding hydrogens is 292 g/mol. The predicted octanol–water partition coefficient (Wildman–Crippen LogP) is 1.50. The zero-order chi connectivity index (χ0) is 16.2. The molecule has 2 aliphatic heterocycles. The molecule has 1 aromatic carbocycles. The van der Waals surface area contributed by atoms with Crippen molar-refractivity contribution in [2.75, 3.05) is 33.4 Å². The van der Waals surface area contributed by atoms with E-state index in [2.05, 4.69) is 4.90 Å². The molecular formula is C18H26N2O3. The Hall–Kier alpha value is -1.59. The summed E-state index contributed by atoms with van der Waals surface area (Å²) in [6.45, 7) is 3.63. The summed E-state index contributed by atoms with van der Waals surface area (Å²) in [4.78, 5) is 17.0. The molecule has 3 rings (SSSR count). The highest BCUT2D eigenvalue weighted by molar-refractivity contribution is 5.84. The van der Waals surface area contributed by atoms with Crippen molar-refractivity contribution in [3.63, 3.8) is 0 Å². The van der Waals surface area contributed by atoms with Gasteiger partial charge in [-0.1, -0.05) is 12.1 Å². The standard InChI is InChI=1S/C18H26N2O3/c1-23-16-4-2-14(3-5-16)12-20-11-8-17(18(20)22)19-9-6-15(13-21)7-10-19/h2-5,15,17,21H,6-13H2,1H3. The number of likely N-dealkylation sites (tertiary alicyclic amines) is 2. The number of hydrogen-bond acceptors (Lipinski definition) is 4. The fraction of sp³-hybridized carbons (Fsp3) is 0.611. The molecule has 2 fully saturated rings. The van der Waals surface area contributed by atoms with Crippen molar-refractivity contribution in [1.82, 2.24) is 9.80 Å². The molecule has 0 bridgehead atoms. The van der Waals surface area contributed by atoms with Gasteiger partial charge >= 0.3 is 0 Å². The molecule has 2 heterocycles. The lowest BCUT2D eigenvalue weighted by Gasteiger charge is -2.34. The third kappa shape index (κ3) is 3.67. The molecule has 23 heavy (non-hydrogen) atoms. The number of hydrogen-bond donors (Lipinski definition) is 1. The molecule has 0 aromatic heterocycles. The zero-order valence-corrected chi connectivity index (χ0v) is 13.8. The summed E-state index contributed by atoms with van der Waals surface area (Å²) < 4.78 is 5.17. The fourth-order valence-corrected chi connectivity index (χ4v) is 3.62. The number of benzene rings is 1. The molecule has 0 aliphatic carbocycles. The highest BCUT2D eigenvalue weighted by Gasteiger charge is 2.37. The number of nitrogens with zero attached hydrogens (tertiary/aromatic N) is 2. The van der Waals surface area contributed by atoms with E-state index in [1.165, 1.54) is 0 Å². The van der Waals surface area contributed by atoms with E-state index < -0.39 is 0 Å². The molecule has 2 aliphatic rings. The molecule has 5 nitrogen and oxygen atoms in total. The van der Waals surface area contributed by atoms with Gasteiger partial charge in [-0.25, -0.2) is 0 Å². The Bertz CT molecular complexity index is 524. The van der Waals surface area contributed by atoms with Crippen LogP contribution in [0.25, 0.3) is 0 Å². The Balaban J connectivity index is 1.56. The van der Waals surface area contributed by atoms with Crippen LogP contribution in [0.5, 0.6) is 5.75 Å². The lowest BCUT2D eigenvalue weighted by atomic mass is 9.96. The SMILES string of the molecule is COc1ccc(CN2CCC(N3CCC(CO)CC3)C2=O)cc1. The second-order valence-corrected chi connectivity index (χ2v) is 6.57. The Morgan fingerprint density at radius 2 is 1.83 bits per heavy atom. The van der Waals surface area contributed by atoms with E-state index in [9.17, 15) is 9.90 Å². The number of carbonyl (C=O) groups excluding carboxylic acids is 1. The summed E-state index contributed by atoms with van der Waals surface area (Å²) in [7, 11) is 1.66. The van der Waals surface area contributed by atoms with E-state index in [-0.39, 0.29) is 18.6 Å². The van der Waals surface area contributed by atoms with Crippen molar-refractivity contribution >= 4 is 5.91 Å². The Kier molecular flexibility index (Phi) is 5.18. The van der Waals surface area contributed by atoms with Gasteiger partial charge in [0.15, 0.2) is 0 Å². The van der Waals surface area contributed by atoms with Crippen LogP contribution in [0.4, 0.5) is 0 Å². The normalized spacial score (nSPS) is 23.5. The van der Waals surface area contributed by atoms with Crippen molar-refractivity contribution < 1.29 is 14.6 Å². The minimum atomic E-state index is 0.0351. The Labute approximate surface area is 137 Å². The molecule has 1 N–H and O–H groups in total. The summed E-state index contributed by atoms with van der Waals surface area (Å²) in [6.07, 6.45) is 2.91. The van der Waals surface area contributed by atoms with Crippen LogP contribution in [0.1, 0.15) is 24.8 Å². The van der Waals surface area contributed by atoms with Gasteiger partial charge in [-0.3, -0.25) is 9.69 Å². The first-order valence-electron chi connectivity index (χ1n) is 8.48. The quantitative estimate of drug-likeness (QED) is 0.894. The van der Waals surface area contributed by atoms with E-state index in [1.807, 2.05) is 29.2 Å². The zero-order valence-electron chi connectivity index (χ0n) is 13.8. The molecule has 0 spiro atoms. The van der Waals surface area contributed by atoms with Crippen molar-refractivity contribution in [3.05, 3.63) is 29.8 Å². The van der Waals surface area contributed by atoms with Crippen molar-refractivity contribution in [2.45, 2.75) is 31.8 Å². The number of amides is 1. The monoisotopic (exact) mass is 318 g/mol. The number of carbonyl (C=O) groups is 1. The summed E-state index contributed by atoms with van der Waals surface area (Å²) in [6, 6.07) is 7.95. The largest absolute Gasteiger partial charge is 0.497 e. The van der Waals surface area contributed by atoms with E-state index in [0.29, 0.717) is 12.5 Å². The molecule has 1 atom stereocenters. The summed E-state index contributed by atoms with van der Waals surface area (Å²) in [5.74, 6) is 1.51. The predicted molar refractivity (Wildman–Crippen MR) is 88.2 cm³/mol. The van der Waals surface area contributed by atoms with E-state index in [0.717, 1.165) is 50.2 Å². The number of aliphatic hydroxyl groups is 1. The Morgan fingerprint density at radius 1 is 1.13 bits per heavy atom. The first-order valence-corrected chi connectivity index (χ1v) is 8.48. The maximum Gasteiger partial charge on any atom is 0.240 e. The van der Waals surface area contributed by atoms with E-state index in [1.54, 1.807) is 7.11 Å². The van der Waals surface area contributed by atoms with Gasteiger partial charge in [0.1, 0.15) is 5.75 Å². The average molecular weight is 318 g/mol. The summed E-state index contributed by atoms with van der Waals surface area (Å²) >= 11 is 0. The molecule has 0 radical (unpaired) electrons. The van der Waals surface area contributed by atoms with Gasteiger partial charge in [0.05, 0.1) is 13.2 Å². The summed E-state index contributed by atoms with van der Waals surface area (Å²) in [5.41, 5.74) is 1.14. The minimum Gasteiger partial charge on any atom is -0.497 e. The van der Waals surface area contributed by atoms with Crippen LogP contribution in [-0.2, 0) is 11.3 Å². The van der Waals surface area contributed by atoms with Crippen molar-refractivity contribution in [1.29, 1.82) is 0 Å². The van der Waals surface area contributed by atoms with Gasteiger partial charge in [0, 0.05) is 19.7 Å². The molecule has 1 amide bonds. The van der Waals surface area contributed by atoms with Gasteiger partial charge in [-0.05, 0) is 56.0 Å². The second-order valence-electron chi connectivity index (χ2n) is 6.57. The highest BCUT2D eigenvalue weighted by Crippen LogP contribution is 2.25. The molecule has 2 saturated heterocycles. The Morgan fingerprint density at radius 3 is 2.43 bits per heavy atom. The van der Waals surface area contributed by atoms with Crippen LogP contribution in [0, 0.1) is 5.92 Å². The highest BCUT2D eigenvalue weighted by atomic mass is 16.5. The van der Waals surface area contributed by atoms with Crippen LogP contribution >= 0.6 is 0 Å². The number of methoxy groups -OCH3 is 1. The average Bonchev–Trinajstić information content (AvgIpc) is 2.96. The van der Waals surface area contributed by atoms with E-state index in [4.69, 9.17) is 4.74 Å². The lowest BCUT2D eigenvalue weighted by Crippen LogP contribution is -2.46. The number of piperidine rings is 1. The lowest BCUT2D eigenvalue weighted by molar-refractivity contribution is -0.133. The van der Waals surface area contributed by atoms with Gasteiger partial charge in [-0.15, -0.1) is 0 Å². The van der Waals surface area contributed by atoms with Crippen molar-refractivity contribution in [3.8, 4) is 5.75 Å². The number of ether oxygens (including phenoxy) is 1. The first-order chi connectivity index (χ1) is 11.2. The third-order valence-electron chi connectivity index (χ3n) is 5.15. The van der Waals surface area contributed by atoms with Crippen LogP contribution < -0.4 is 4.74 Å². The topological polar surface area (TPSA) is 53.0 Å². The molecule has 5 heteroatoms. The molecule has 126 valence electrons. The van der Waals surface area contributed by atoms with Gasteiger partial charge in [-0.2, -0.15) is 0 Å². The molecule has 1 aromatic rings. The minimum absolute atomic E-state index is 0.0351.